The fourth-order valence-corrected chi connectivity index (χ4v) is 3.83. The van der Waals surface area contributed by atoms with Gasteiger partial charge in [0.05, 0.1) is 23.3 Å². The van der Waals surface area contributed by atoms with E-state index in [1.165, 1.54) is 16.9 Å². The zero-order valence-electron chi connectivity index (χ0n) is 17.0. The number of carbonyl (C=O) groups excluding carboxylic acids is 1. The zero-order valence-corrected chi connectivity index (χ0v) is 17.8. The van der Waals surface area contributed by atoms with Crippen molar-refractivity contribution in [3.05, 3.63) is 99.5 Å². The van der Waals surface area contributed by atoms with Crippen molar-refractivity contribution in [1.29, 1.82) is 0 Å². The summed E-state index contributed by atoms with van der Waals surface area (Å²) in [5.41, 5.74) is 5.14. The number of para-hydroxylation sites is 1. The maximum Gasteiger partial charge on any atom is 0.265 e. The molecule has 4 rings (SSSR count). The van der Waals surface area contributed by atoms with Crippen molar-refractivity contribution in [2.75, 3.05) is 5.32 Å². The number of nitrogens with one attached hydrogen (secondary N) is 1. The molecule has 2 heterocycles. The first kappa shape index (κ1) is 19.9. The van der Waals surface area contributed by atoms with Crippen LogP contribution < -0.4 is 10.1 Å². The lowest BCUT2D eigenvalue weighted by Crippen LogP contribution is -2.09. The van der Waals surface area contributed by atoms with E-state index < -0.39 is 0 Å². The van der Waals surface area contributed by atoms with Crippen LogP contribution in [0.5, 0.6) is 5.75 Å². The molecule has 0 spiro atoms. The molecule has 0 aliphatic heterocycles. The summed E-state index contributed by atoms with van der Waals surface area (Å²) in [4.78, 5) is 13.2. The lowest BCUT2D eigenvalue weighted by Gasteiger charge is -2.07. The molecule has 4 aromatic rings. The molecule has 0 bridgehead atoms. The third-order valence-electron chi connectivity index (χ3n) is 4.72. The van der Waals surface area contributed by atoms with Crippen LogP contribution in [-0.4, -0.2) is 15.7 Å². The summed E-state index contributed by atoms with van der Waals surface area (Å²) < 4.78 is 7.68. The summed E-state index contributed by atoms with van der Waals surface area (Å²) in [5.74, 6) is 0.715. The van der Waals surface area contributed by atoms with E-state index in [1.54, 1.807) is 6.20 Å². The Kier molecular flexibility index (Phi) is 5.95. The van der Waals surface area contributed by atoms with E-state index in [1.807, 2.05) is 53.5 Å². The number of ether oxygens (including phenoxy) is 1. The van der Waals surface area contributed by atoms with Crippen LogP contribution in [0.25, 0.3) is 0 Å². The second-order valence-electron chi connectivity index (χ2n) is 7.24. The summed E-state index contributed by atoms with van der Waals surface area (Å²) in [5, 5.41) is 9.21. The van der Waals surface area contributed by atoms with Gasteiger partial charge in [0, 0.05) is 11.8 Å². The predicted molar refractivity (Wildman–Crippen MR) is 120 cm³/mol. The second kappa shape index (κ2) is 8.97. The Hall–Kier alpha value is -3.38. The van der Waals surface area contributed by atoms with Gasteiger partial charge in [0.15, 0.2) is 0 Å². The summed E-state index contributed by atoms with van der Waals surface area (Å²) in [6.45, 7) is 5.18. The highest BCUT2D eigenvalue weighted by molar-refractivity contribution is 7.12. The molecule has 1 amide bonds. The topological polar surface area (TPSA) is 56.2 Å². The van der Waals surface area contributed by atoms with Gasteiger partial charge in [0.1, 0.15) is 12.4 Å². The van der Waals surface area contributed by atoms with Gasteiger partial charge in [-0.25, -0.2) is 0 Å². The van der Waals surface area contributed by atoms with Crippen LogP contribution in [0.2, 0.25) is 0 Å². The summed E-state index contributed by atoms with van der Waals surface area (Å²) in [6.07, 6.45) is 3.51. The number of aromatic nitrogens is 2. The normalized spacial score (nSPS) is 10.7. The Morgan fingerprint density at radius 2 is 1.90 bits per heavy atom. The Bertz CT molecular complexity index is 1150. The molecule has 0 fully saturated rings. The maximum absolute atomic E-state index is 12.6. The minimum absolute atomic E-state index is 0.142. The molecule has 2 aromatic heterocycles. The van der Waals surface area contributed by atoms with Crippen molar-refractivity contribution >= 4 is 22.9 Å². The van der Waals surface area contributed by atoms with E-state index in [-0.39, 0.29) is 5.91 Å². The highest BCUT2D eigenvalue weighted by atomic mass is 32.1. The first-order valence-electron chi connectivity index (χ1n) is 9.72. The van der Waals surface area contributed by atoms with E-state index in [4.69, 9.17) is 4.74 Å². The minimum atomic E-state index is -0.142. The molecule has 0 aliphatic rings. The molecule has 0 atom stereocenters. The van der Waals surface area contributed by atoms with Crippen molar-refractivity contribution in [2.24, 2.45) is 0 Å². The van der Waals surface area contributed by atoms with Gasteiger partial charge < -0.3 is 10.1 Å². The number of hydrogen-bond acceptors (Lipinski definition) is 4. The minimum Gasteiger partial charge on any atom is -0.489 e. The van der Waals surface area contributed by atoms with Crippen LogP contribution in [0.15, 0.2) is 72.4 Å². The fraction of sp³-hybridized carbons (Fsp3) is 0.167. The number of benzene rings is 2. The Labute approximate surface area is 179 Å². The van der Waals surface area contributed by atoms with Gasteiger partial charge in [-0.3, -0.25) is 9.48 Å². The highest BCUT2D eigenvalue weighted by Gasteiger charge is 2.11. The SMILES string of the molecule is Cc1ccc(Cn2cc(NC(=O)c3cc(COc4ccccc4C)cs3)cn2)cc1. The molecule has 1 N–H and O–H groups in total. The van der Waals surface area contributed by atoms with E-state index >= 15 is 0 Å². The molecule has 6 heteroatoms. The zero-order chi connectivity index (χ0) is 20.9. The number of nitrogens with zero attached hydrogens (tertiary/aromatic N) is 2. The molecule has 0 aliphatic carbocycles. The fourth-order valence-electron chi connectivity index (χ4n) is 3.04. The molecule has 0 saturated carbocycles. The van der Waals surface area contributed by atoms with Crippen LogP contribution in [-0.2, 0) is 13.2 Å². The third kappa shape index (κ3) is 4.96. The van der Waals surface area contributed by atoms with Gasteiger partial charge in [-0.15, -0.1) is 11.3 Å². The van der Waals surface area contributed by atoms with Crippen molar-refractivity contribution in [3.63, 3.8) is 0 Å². The van der Waals surface area contributed by atoms with Crippen molar-refractivity contribution in [1.82, 2.24) is 9.78 Å². The molecule has 0 saturated heterocycles. The largest absolute Gasteiger partial charge is 0.489 e. The first-order chi connectivity index (χ1) is 14.6. The lowest BCUT2D eigenvalue weighted by molar-refractivity contribution is 0.103. The molecule has 30 heavy (non-hydrogen) atoms. The molecule has 0 unspecified atom stereocenters. The maximum atomic E-state index is 12.6. The average molecular weight is 418 g/mol. The van der Waals surface area contributed by atoms with Gasteiger partial charge in [-0.1, -0.05) is 48.0 Å². The van der Waals surface area contributed by atoms with Gasteiger partial charge in [-0.05, 0) is 42.5 Å². The number of thiophene rings is 1. The number of anilines is 1. The second-order valence-corrected chi connectivity index (χ2v) is 8.15. The van der Waals surface area contributed by atoms with E-state index in [0.29, 0.717) is 23.7 Å². The number of hydrogen-bond donors (Lipinski definition) is 1. The standard InChI is InChI=1S/C24H23N3O2S/c1-17-7-9-19(10-8-17)13-27-14-21(12-25-27)26-24(28)23-11-20(16-30-23)15-29-22-6-4-3-5-18(22)2/h3-12,14,16H,13,15H2,1-2H3,(H,26,28). The smallest absolute Gasteiger partial charge is 0.265 e. The van der Waals surface area contributed by atoms with Crippen LogP contribution in [0, 0.1) is 13.8 Å². The third-order valence-corrected chi connectivity index (χ3v) is 5.70. The summed E-state index contributed by atoms with van der Waals surface area (Å²) in [6, 6.07) is 18.1. The molecule has 152 valence electrons. The summed E-state index contributed by atoms with van der Waals surface area (Å²) in [7, 11) is 0. The molecule has 2 aromatic carbocycles. The molecular formula is C24H23N3O2S. The number of carbonyl (C=O) groups is 1. The van der Waals surface area contributed by atoms with Gasteiger partial charge in [0.25, 0.3) is 5.91 Å². The van der Waals surface area contributed by atoms with Crippen molar-refractivity contribution < 1.29 is 9.53 Å². The van der Waals surface area contributed by atoms with Crippen LogP contribution in [0.3, 0.4) is 0 Å². The number of rotatable bonds is 7. The Morgan fingerprint density at radius 1 is 1.10 bits per heavy atom. The Morgan fingerprint density at radius 3 is 2.70 bits per heavy atom. The predicted octanol–water partition coefficient (Wildman–Crippen LogP) is 5.44. The van der Waals surface area contributed by atoms with Crippen molar-refractivity contribution in [3.8, 4) is 5.75 Å². The van der Waals surface area contributed by atoms with Gasteiger partial charge in [0.2, 0.25) is 0 Å². The highest BCUT2D eigenvalue weighted by Crippen LogP contribution is 2.21. The Balaban J connectivity index is 1.34. The number of aryl methyl sites for hydroxylation is 2. The quantitative estimate of drug-likeness (QED) is 0.436. The monoisotopic (exact) mass is 417 g/mol. The average Bonchev–Trinajstić information content (AvgIpc) is 3.39. The van der Waals surface area contributed by atoms with Crippen molar-refractivity contribution in [2.45, 2.75) is 27.0 Å². The van der Waals surface area contributed by atoms with E-state index in [0.717, 1.165) is 22.4 Å². The molecule has 0 radical (unpaired) electrons. The van der Waals surface area contributed by atoms with Gasteiger partial charge >= 0.3 is 0 Å². The molecule has 5 nitrogen and oxygen atoms in total. The summed E-state index contributed by atoms with van der Waals surface area (Å²) >= 11 is 1.41. The van der Waals surface area contributed by atoms with Crippen LogP contribution in [0.4, 0.5) is 5.69 Å². The first-order valence-corrected chi connectivity index (χ1v) is 10.6. The van der Waals surface area contributed by atoms with Crippen LogP contribution >= 0.6 is 11.3 Å². The van der Waals surface area contributed by atoms with E-state index in [9.17, 15) is 4.79 Å². The van der Waals surface area contributed by atoms with Gasteiger partial charge in [-0.2, -0.15) is 5.10 Å². The lowest BCUT2D eigenvalue weighted by atomic mass is 10.1. The molecular weight excluding hydrogens is 394 g/mol. The van der Waals surface area contributed by atoms with E-state index in [2.05, 4.69) is 41.6 Å². The van der Waals surface area contributed by atoms with Crippen LogP contribution in [0.1, 0.15) is 31.9 Å². The number of amides is 1.